The Balaban J connectivity index is 2.72. The van der Waals surface area contributed by atoms with Crippen molar-refractivity contribution in [2.24, 2.45) is 0 Å². The van der Waals surface area contributed by atoms with Crippen molar-refractivity contribution in [3.8, 4) is 0 Å². The van der Waals surface area contributed by atoms with Gasteiger partial charge in [-0.1, -0.05) is 12.8 Å². The van der Waals surface area contributed by atoms with Gasteiger partial charge >= 0.3 is 15.6 Å². The molecule has 94 valence electrons. The normalized spacial score (nSPS) is 22.8. The minimum Gasteiger partial charge on any atom is -0.381 e. The molecule has 0 N–H and O–H groups in total. The largest absolute Gasteiger partial charge is 0.534 e. The lowest BCUT2D eigenvalue weighted by atomic mass is 10.1. The first kappa shape index (κ1) is 13.3. The van der Waals surface area contributed by atoms with Crippen LogP contribution in [-0.4, -0.2) is 13.9 Å². The molecule has 0 amide bonds. The van der Waals surface area contributed by atoms with Gasteiger partial charge in [-0.15, -0.1) is 0 Å². The molecule has 0 heterocycles. The average Bonchev–Trinajstić information content (AvgIpc) is 2.07. The summed E-state index contributed by atoms with van der Waals surface area (Å²) in [7, 11) is -5.49. The first-order valence-electron chi connectivity index (χ1n) is 5.03. The van der Waals surface area contributed by atoms with Crippen LogP contribution < -0.4 is 0 Å². The summed E-state index contributed by atoms with van der Waals surface area (Å²) in [5.41, 5.74) is -5.35. The van der Waals surface area contributed by atoms with E-state index >= 15 is 0 Å². The molecule has 0 spiro atoms. The van der Waals surface area contributed by atoms with Gasteiger partial charge in [-0.3, -0.25) is 0 Å². The maximum Gasteiger partial charge on any atom is 0.534 e. The van der Waals surface area contributed by atoms with Crippen molar-refractivity contribution in [1.82, 2.24) is 0 Å². The minimum absolute atomic E-state index is 0.0861. The van der Waals surface area contributed by atoms with Crippen molar-refractivity contribution in [2.45, 2.75) is 44.0 Å². The van der Waals surface area contributed by atoms with E-state index in [4.69, 9.17) is 0 Å². The molecule has 1 rings (SSSR count). The van der Waals surface area contributed by atoms with Gasteiger partial charge < -0.3 is 4.18 Å². The highest BCUT2D eigenvalue weighted by Gasteiger charge is 2.48. The summed E-state index contributed by atoms with van der Waals surface area (Å²) in [5.74, 6) is -0.0861. The number of hydrogen-bond acceptors (Lipinski definition) is 3. The minimum atomic E-state index is -5.49. The summed E-state index contributed by atoms with van der Waals surface area (Å²) < 4.78 is 61.6. The molecule has 0 aromatic rings. The van der Waals surface area contributed by atoms with E-state index in [0.717, 1.165) is 19.3 Å². The molecule has 0 radical (unpaired) electrons. The van der Waals surface area contributed by atoms with E-state index in [1.165, 1.54) is 6.08 Å². The van der Waals surface area contributed by atoms with Crippen LogP contribution in [0, 0.1) is 0 Å². The van der Waals surface area contributed by atoms with Crippen molar-refractivity contribution < 1.29 is 25.8 Å². The van der Waals surface area contributed by atoms with Gasteiger partial charge in [-0.05, 0) is 25.3 Å². The maximum absolute atomic E-state index is 12.0. The maximum atomic E-state index is 12.0. The van der Waals surface area contributed by atoms with Gasteiger partial charge in [0.1, 0.15) is 5.76 Å². The number of alkyl halides is 3. The first-order valence-corrected chi connectivity index (χ1v) is 6.43. The Morgan fingerprint density at radius 3 is 2.38 bits per heavy atom. The van der Waals surface area contributed by atoms with Crippen molar-refractivity contribution in [3.63, 3.8) is 0 Å². The molecular formula is C9H13F3O3S. The van der Waals surface area contributed by atoms with Gasteiger partial charge in [0.2, 0.25) is 0 Å². The average molecular weight is 258 g/mol. The fourth-order valence-corrected chi connectivity index (χ4v) is 1.95. The van der Waals surface area contributed by atoms with Crippen molar-refractivity contribution in [3.05, 3.63) is 11.8 Å². The Hall–Kier alpha value is -0.720. The molecule has 3 nitrogen and oxygen atoms in total. The predicted octanol–water partition coefficient (Wildman–Crippen LogP) is 3.09. The molecule has 0 aromatic heterocycles. The Kier molecular flexibility index (Phi) is 4.23. The fraction of sp³-hybridized carbons (Fsp3) is 0.778. The highest BCUT2D eigenvalue weighted by molar-refractivity contribution is 7.87. The molecule has 0 aliphatic heterocycles. The summed E-state index contributed by atoms with van der Waals surface area (Å²) >= 11 is 0. The smallest absolute Gasteiger partial charge is 0.381 e. The standard InChI is InChI=1S/C9H13F3O3S/c10-9(11,12)16(13,14)15-8-6-4-2-1-3-5-7-8/h6H,1-5,7H2/b8-6+. The number of allylic oxidation sites excluding steroid dienone is 2. The van der Waals surface area contributed by atoms with E-state index in [0.29, 0.717) is 12.8 Å². The number of halogens is 3. The molecule has 0 saturated heterocycles. The first-order chi connectivity index (χ1) is 7.33. The lowest BCUT2D eigenvalue weighted by molar-refractivity contribution is -0.0523. The van der Waals surface area contributed by atoms with Crippen LogP contribution in [0.3, 0.4) is 0 Å². The van der Waals surface area contributed by atoms with Crippen LogP contribution in [0.2, 0.25) is 0 Å². The molecule has 7 heteroatoms. The second-order valence-electron chi connectivity index (χ2n) is 3.61. The van der Waals surface area contributed by atoms with E-state index in [-0.39, 0.29) is 12.2 Å². The third kappa shape index (κ3) is 3.70. The molecule has 1 aliphatic rings. The quantitative estimate of drug-likeness (QED) is 0.564. The van der Waals surface area contributed by atoms with Gasteiger partial charge in [0.25, 0.3) is 0 Å². The number of rotatable bonds is 2. The predicted molar refractivity (Wildman–Crippen MR) is 51.8 cm³/mol. The topological polar surface area (TPSA) is 43.4 Å². The lowest BCUT2D eigenvalue weighted by Crippen LogP contribution is -2.25. The summed E-state index contributed by atoms with van der Waals surface area (Å²) in [4.78, 5) is 0. The van der Waals surface area contributed by atoms with Crippen LogP contribution in [0.5, 0.6) is 0 Å². The van der Waals surface area contributed by atoms with Crippen LogP contribution in [0.25, 0.3) is 0 Å². The second-order valence-corrected chi connectivity index (χ2v) is 5.14. The number of hydrogen-bond donors (Lipinski definition) is 0. The second kappa shape index (κ2) is 5.07. The molecule has 0 bridgehead atoms. The van der Waals surface area contributed by atoms with Crippen LogP contribution in [0.4, 0.5) is 13.2 Å². The summed E-state index contributed by atoms with van der Waals surface area (Å²) in [6.07, 6.45) is 5.63. The molecule has 0 fully saturated rings. The molecule has 0 aromatic carbocycles. The lowest BCUT2D eigenvalue weighted by Gasteiger charge is -2.14. The van der Waals surface area contributed by atoms with E-state index in [1.54, 1.807) is 0 Å². The molecule has 16 heavy (non-hydrogen) atoms. The fourth-order valence-electron chi connectivity index (χ4n) is 1.43. The van der Waals surface area contributed by atoms with Gasteiger partial charge in [0.15, 0.2) is 0 Å². The van der Waals surface area contributed by atoms with Crippen LogP contribution in [-0.2, 0) is 14.3 Å². The van der Waals surface area contributed by atoms with Crippen LogP contribution >= 0.6 is 0 Å². The van der Waals surface area contributed by atoms with Crippen molar-refractivity contribution in [2.75, 3.05) is 0 Å². The van der Waals surface area contributed by atoms with Crippen LogP contribution in [0.1, 0.15) is 38.5 Å². The molecule has 0 atom stereocenters. The Bertz CT molecular complexity index is 357. The van der Waals surface area contributed by atoms with E-state index < -0.39 is 15.6 Å². The highest BCUT2D eigenvalue weighted by Crippen LogP contribution is 2.28. The van der Waals surface area contributed by atoms with Crippen LogP contribution in [0.15, 0.2) is 11.8 Å². The van der Waals surface area contributed by atoms with E-state index in [2.05, 4.69) is 4.18 Å². The van der Waals surface area contributed by atoms with Gasteiger partial charge in [0.05, 0.1) is 0 Å². The zero-order valence-electron chi connectivity index (χ0n) is 8.59. The molecule has 0 saturated carbocycles. The zero-order valence-corrected chi connectivity index (χ0v) is 9.40. The van der Waals surface area contributed by atoms with Crippen molar-refractivity contribution >= 4 is 10.1 Å². The summed E-state index contributed by atoms with van der Waals surface area (Å²) in [5, 5.41) is 0. The highest BCUT2D eigenvalue weighted by atomic mass is 32.2. The monoisotopic (exact) mass is 258 g/mol. The van der Waals surface area contributed by atoms with E-state index in [9.17, 15) is 21.6 Å². The van der Waals surface area contributed by atoms with E-state index in [1.807, 2.05) is 0 Å². The third-order valence-corrected chi connectivity index (χ3v) is 3.25. The Morgan fingerprint density at radius 1 is 1.12 bits per heavy atom. The van der Waals surface area contributed by atoms with Gasteiger partial charge in [-0.25, -0.2) is 0 Å². The van der Waals surface area contributed by atoms with Crippen molar-refractivity contribution in [1.29, 1.82) is 0 Å². The molecule has 1 aliphatic carbocycles. The Labute approximate surface area is 92.4 Å². The molecular weight excluding hydrogens is 245 g/mol. The molecule has 0 unspecified atom stereocenters. The van der Waals surface area contributed by atoms with Gasteiger partial charge in [0, 0.05) is 6.42 Å². The zero-order chi connectivity index (χ0) is 12.2. The van der Waals surface area contributed by atoms with Gasteiger partial charge in [-0.2, -0.15) is 21.6 Å². The summed E-state index contributed by atoms with van der Waals surface area (Å²) in [6, 6.07) is 0. The summed E-state index contributed by atoms with van der Waals surface area (Å²) in [6.45, 7) is 0. The SMILES string of the molecule is O=S(=O)(O/C1=C/CCCCCC1)C(F)(F)F. The third-order valence-electron chi connectivity index (χ3n) is 2.25. The Morgan fingerprint density at radius 2 is 1.75 bits per heavy atom.